The minimum absolute atomic E-state index is 0.0854. The fraction of sp³-hybridized carbons (Fsp3) is 0.571. The second-order valence-electron chi connectivity index (χ2n) is 5.25. The third-order valence-electron chi connectivity index (χ3n) is 3.49. The van der Waals surface area contributed by atoms with Gasteiger partial charge in [0.1, 0.15) is 10.7 Å². The van der Waals surface area contributed by atoms with Gasteiger partial charge in [-0.2, -0.15) is 4.31 Å². The number of pyridine rings is 1. The van der Waals surface area contributed by atoms with E-state index in [1.54, 1.807) is 12.1 Å². The lowest BCUT2D eigenvalue weighted by Gasteiger charge is -2.25. The normalized spacial score (nSPS) is 16.2. The van der Waals surface area contributed by atoms with Crippen LogP contribution in [0.2, 0.25) is 0 Å². The Kier molecular flexibility index (Phi) is 5.73. The van der Waals surface area contributed by atoms with Crippen LogP contribution in [0.1, 0.15) is 26.2 Å². The molecule has 1 fully saturated rings. The molecule has 1 aromatic rings. The van der Waals surface area contributed by atoms with Crippen molar-refractivity contribution in [2.75, 3.05) is 31.5 Å². The Morgan fingerprint density at radius 1 is 1.23 bits per heavy atom. The highest BCUT2D eigenvalue weighted by atomic mass is 32.2. The van der Waals surface area contributed by atoms with E-state index in [2.05, 4.69) is 15.6 Å². The number of rotatable bonds is 6. The molecule has 22 heavy (non-hydrogen) atoms. The lowest BCUT2D eigenvalue weighted by molar-refractivity contribution is -0.118. The molecule has 0 radical (unpaired) electrons. The van der Waals surface area contributed by atoms with Crippen molar-refractivity contribution in [1.82, 2.24) is 14.6 Å². The summed E-state index contributed by atoms with van der Waals surface area (Å²) in [4.78, 5) is 15.1. The number of sulfonamides is 1. The fourth-order valence-electron chi connectivity index (χ4n) is 2.32. The van der Waals surface area contributed by atoms with E-state index in [0.717, 1.165) is 19.3 Å². The molecule has 0 saturated carbocycles. The number of carbonyl (C=O) groups excluding carboxylic acids is 1. The average molecular weight is 326 g/mol. The number of aromatic nitrogens is 1. The van der Waals surface area contributed by atoms with Crippen LogP contribution in [0.25, 0.3) is 0 Å². The van der Waals surface area contributed by atoms with Gasteiger partial charge in [0.15, 0.2) is 0 Å². The molecule has 0 aliphatic carbocycles. The van der Waals surface area contributed by atoms with E-state index in [1.807, 2.05) is 0 Å². The first-order chi connectivity index (χ1) is 10.5. The van der Waals surface area contributed by atoms with Crippen LogP contribution in [-0.4, -0.2) is 49.8 Å². The zero-order valence-electron chi connectivity index (χ0n) is 12.7. The summed E-state index contributed by atoms with van der Waals surface area (Å²) in [5, 5.41) is 5.69. The molecule has 1 aliphatic heterocycles. The Hall–Kier alpha value is -1.67. The third-order valence-corrected chi connectivity index (χ3v) is 5.38. The summed E-state index contributed by atoms with van der Waals surface area (Å²) >= 11 is 0. The minimum atomic E-state index is -3.43. The van der Waals surface area contributed by atoms with Crippen LogP contribution in [0.15, 0.2) is 23.2 Å². The summed E-state index contributed by atoms with van der Waals surface area (Å²) in [5.41, 5.74) is 0. The highest BCUT2D eigenvalue weighted by Crippen LogP contribution is 2.20. The monoisotopic (exact) mass is 326 g/mol. The predicted octanol–water partition coefficient (Wildman–Crippen LogP) is 0.804. The predicted molar refractivity (Wildman–Crippen MR) is 84.0 cm³/mol. The molecular weight excluding hydrogens is 304 g/mol. The van der Waals surface area contributed by atoms with E-state index in [0.29, 0.717) is 32.0 Å². The van der Waals surface area contributed by atoms with Crippen LogP contribution in [0, 0.1) is 0 Å². The second-order valence-corrected chi connectivity index (χ2v) is 7.19. The Morgan fingerprint density at radius 2 is 1.95 bits per heavy atom. The lowest BCUT2D eigenvalue weighted by atomic mass is 10.2. The smallest absolute Gasteiger partial charge is 0.244 e. The molecule has 7 nitrogen and oxygen atoms in total. The van der Waals surface area contributed by atoms with Crippen LogP contribution in [0.5, 0.6) is 0 Å². The van der Waals surface area contributed by atoms with Gasteiger partial charge in [-0.3, -0.25) is 4.79 Å². The molecule has 0 unspecified atom stereocenters. The molecule has 1 amide bonds. The van der Waals surface area contributed by atoms with E-state index < -0.39 is 10.0 Å². The number of amides is 1. The summed E-state index contributed by atoms with van der Waals surface area (Å²) in [6.07, 6.45) is 4.29. The van der Waals surface area contributed by atoms with Crippen LogP contribution >= 0.6 is 0 Å². The van der Waals surface area contributed by atoms with Crippen LogP contribution in [0.3, 0.4) is 0 Å². The fourth-order valence-corrected chi connectivity index (χ4v) is 3.78. The van der Waals surface area contributed by atoms with E-state index in [1.165, 1.54) is 17.4 Å². The Labute approximate surface area is 131 Å². The topological polar surface area (TPSA) is 91.4 Å². The zero-order valence-corrected chi connectivity index (χ0v) is 13.5. The molecule has 122 valence electrons. The first-order valence-corrected chi connectivity index (χ1v) is 8.88. The molecule has 2 rings (SSSR count). The lowest BCUT2D eigenvalue weighted by Crippen LogP contribution is -2.35. The molecular formula is C14H22N4O3S. The van der Waals surface area contributed by atoms with E-state index in [4.69, 9.17) is 0 Å². The molecule has 0 spiro atoms. The van der Waals surface area contributed by atoms with Gasteiger partial charge in [-0.25, -0.2) is 13.4 Å². The van der Waals surface area contributed by atoms with Gasteiger partial charge in [0, 0.05) is 39.3 Å². The Morgan fingerprint density at radius 3 is 2.55 bits per heavy atom. The Balaban J connectivity index is 1.94. The van der Waals surface area contributed by atoms with Gasteiger partial charge in [0.05, 0.1) is 0 Å². The summed E-state index contributed by atoms with van der Waals surface area (Å²) in [5.74, 6) is 0.501. The maximum Gasteiger partial charge on any atom is 0.244 e. The van der Waals surface area contributed by atoms with Crippen LogP contribution in [0.4, 0.5) is 5.82 Å². The van der Waals surface area contributed by atoms with E-state index >= 15 is 0 Å². The van der Waals surface area contributed by atoms with Crippen molar-refractivity contribution >= 4 is 21.7 Å². The van der Waals surface area contributed by atoms with Gasteiger partial charge in [0.25, 0.3) is 0 Å². The van der Waals surface area contributed by atoms with Gasteiger partial charge in [0.2, 0.25) is 15.9 Å². The van der Waals surface area contributed by atoms with Crippen molar-refractivity contribution in [3.8, 4) is 0 Å². The molecule has 1 aliphatic rings. The van der Waals surface area contributed by atoms with E-state index in [9.17, 15) is 13.2 Å². The number of anilines is 1. The maximum absolute atomic E-state index is 12.5. The quantitative estimate of drug-likeness (QED) is 0.755. The van der Waals surface area contributed by atoms with Crippen molar-refractivity contribution in [1.29, 1.82) is 0 Å². The van der Waals surface area contributed by atoms with Crippen molar-refractivity contribution in [2.45, 2.75) is 31.1 Å². The first-order valence-electron chi connectivity index (χ1n) is 7.44. The minimum Gasteiger partial charge on any atom is -0.368 e. The average Bonchev–Trinajstić information content (AvgIpc) is 2.53. The number of hydrogen-bond donors (Lipinski definition) is 2. The van der Waals surface area contributed by atoms with Gasteiger partial charge in [-0.15, -0.1) is 0 Å². The second kappa shape index (κ2) is 7.55. The Bertz CT molecular complexity index is 595. The number of carbonyl (C=O) groups is 1. The van der Waals surface area contributed by atoms with Gasteiger partial charge >= 0.3 is 0 Å². The highest BCUT2D eigenvalue weighted by molar-refractivity contribution is 7.89. The third kappa shape index (κ3) is 4.41. The summed E-state index contributed by atoms with van der Waals surface area (Å²) in [6.45, 7) is 3.65. The van der Waals surface area contributed by atoms with Gasteiger partial charge in [-0.1, -0.05) is 6.42 Å². The summed E-state index contributed by atoms with van der Waals surface area (Å²) in [7, 11) is -3.43. The summed E-state index contributed by atoms with van der Waals surface area (Å²) < 4.78 is 26.4. The highest BCUT2D eigenvalue weighted by Gasteiger charge is 2.25. The number of nitrogens with zero attached hydrogens (tertiary/aromatic N) is 2. The van der Waals surface area contributed by atoms with E-state index in [-0.39, 0.29) is 10.8 Å². The maximum atomic E-state index is 12.5. The molecule has 0 atom stereocenters. The number of hydrogen-bond acceptors (Lipinski definition) is 5. The molecule has 2 heterocycles. The first kappa shape index (κ1) is 16.7. The van der Waals surface area contributed by atoms with Gasteiger partial charge in [-0.05, 0) is 25.0 Å². The molecule has 2 N–H and O–H groups in total. The van der Waals surface area contributed by atoms with Crippen LogP contribution < -0.4 is 10.6 Å². The molecule has 0 bridgehead atoms. The zero-order chi connectivity index (χ0) is 16.0. The van der Waals surface area contributed by atoms with Crippen molar-refractivity contribution in [2.24, 2.45) is 0 Å². The molecule has 0 aromatic carbocycles. The SMILES string of the molecule is CC(=O)NCCNc1ccc(S(=O)(=O)N2CCCCC2)cn1. The van der Waals surface area contributed by atoms with Crippen molar-refractivity contribution in [3.63, 3.8) is 0 Å². The number of piperidine rings is 1. The molecule has 1 aromatic heterocycles. The van der Waals surface area contributed by atoms with Gasteiger partial charge < -0.3 is 10.6 Å². The molecule has 1 saturated heterocycles. The van der Waals surface area contributed by atoms with Crippen LogP contribution in [-0.2, 0) is 14.8 Å². The number of nitrogens with one attached hydrogen (secondary N) is 2. The molecule has 8 heteroatoms. The van der Waals surface area contributed by atoms with Crippen molar-refractivity contribution in [3.05, 3.63) is 18.3 Å². The van der Waals surface area contributed by atoms with Crippen molar-refractivity contribution < 1.29 is 13.2 Å². The largest absolute Gasteiger partial charge is 0.368 e. The summed E-state index contributed by atoms with van der Waals surface area (Å²) in [6, 6.07) is 3.21. The standard InChI is InChI=1S/C14H22N4O3S/c1-12(19)15-7-8-16-14-6-5-13(11-17-14)22(20,21)18-9-3-2-4-10-18/h5-6,11H,2-4,7-10H2,1H3,(H,15,19)(H,16,17).